The lowest BCUT2D eigenvalue weighted by atomic mass is 10.2. The second kappa shape index (κ2) is 5.51. The van der Waals surface area contributed by atoms with E-state index in [0.29, 0.717) is 22.8 Å². The van der Waals surface area contributed by atoms with Gasteiger partial charge in [-0.15, -0.1) is 0 Å². The molecule has 2 rings (SSSR count). The second-order valence-corrected chi connectivity index (χ2v) is 4.15. The summed E-state index contributed by atoms with van der Waals surface area (Å²) < 4.78 is 0. The van der Waals surface area contributed by atoms with Gasteiger partial charge < -0.3 is 11.1 Å². The first-order valence-electron chi connectivity index (χ1n) is 5.40. The van der Waals surface area contributed by atoms with Crippen molar-refractivity contribution in [3.05, 3.63) is 58.9 Å². The topological polar surface area (TPSA) is 68.0 Å². The fourth-order valence-corrected chi connectivity index (χ4v) is 1.76. The zero-order valence-corrected chi connectivity index (χ0v) is 10.3. The molecule has 0 aliphatic carbocycles. The SMILES string of the molecule is Nc1ccc(C(=O)NCc2ccccn2)c(Cl)c1. The lowest BCUT2D eigenvalue weighted by molar-refractivity contribution is 0.0950. The van der Waals surface area contributed by atoms with E-state index in [1.54, 1.807) is 24.4 Å². The molecule has 1 aromatic heterocycles. The van der Waals surface area contributed by atoms with Gasteiger partial charge in [0, 0.05) is 11.9 Å². The summed E-state index contributed by atoms with van der Waals surface area (Å²) >= 11 is 5.95. The van der Waals surface area contributed by atoms with E-state index in [4.69, 9.17) is 17.3 Å². The van der Waals surface area contributed by atoms with E-state index in [2.05, 4.69) is 10.3 Å². The molecular formula is C13H12ClN3O. The molecule has 2 aromatic rings. The molecule has 0 aliphatic heterocycles. The molecule has 4 nitrogen and oxygen atoms in total. The Morgan fingerprint density at radius 2 is 2.17 bits per heavy atom. The van der Waals surface area contributed by atoms with Crippen molar-refractivity contribution in [3.63, 3.8) is 0 Å². The van der Waals surface area contributed by atoms with Crippen molar-refractivity contribution in [3.8, 4) is 0 Å². The minimum atomic E-state index is -0.245. The molecule has 0 saturated heterocycles. The number of hydrogen-bond donors (Lipinski definition) is 2. The summed E-state index contributed by atoms with van der Waals surface area (Å²) in [4.78, 5) is 16.0. The number of aromatic nitrogens is 1. The summed E-state index contributed by atoms with van der Waals surface area (Å²) in [6, 6.07) is 10.3. The van der Waals surface area contributed by atoms with Crippen LogP contribution in [0.25, 0.3) is 0 Å². The number of nitrogens with one attached hydrogen (secondary N) is 1. The molecule has 0 radical (unpaired) electrons. The van der Waals surface area contributed by atoms with Crippen LogP contribution in [-0.4, -0.2) is 10.9 Å². The highest BCUT2D eigenvalue weighted by molar-refractivity contribution is 6.34. The molecule has 3 N–H and O–H groups in total. The number of hydrogen-bond acceptors (Lipinski definition) is 3. The number of carbonyl (C=O) groups excluding carboxylic acids is 1. The monoisotopic (exact) mass is 261 g/mol. The van der Waals surface area contributed by atoms with Crippen molar-refractivity contribution in [1.82, 2.24) is 10.3 Å². The third kappa shape index (κ3) is 2.99. The van der Waals surface area contributed by atoms with Gasteiger partial charge in [-0.3, -0.25) is 9.78 Å². The largest absolute Gasteiger partial charge is 0.399 e. The number of nitrogens with two attached hydrogens (primary N) is 1. The molecule has 18 heavy (non-hydrogen) atoms. The van der Waals surface area contributed by atoms with Crippen LogP contribution in [0.1, 0.15) is 16.1 Å². The van der Waals surface area contributed by atoms with E-state index < -0.39 is 0 Å². The van der Waals surface area contributed by atoms with E-state index in [-0.39, 0.29) is 5.91 Å². The molecule has 1 aromatic carbocycles. The normalized spacial score (nSPS) is 10.1. The zero-order chi connectivity index (χ0) is 13.0. The Kier molecular flexibility index (Phi) is 3.79. The highest BCUT2D eigenvalue weighted by Gasteiger charge is 2.10. The predicted octanol–water partition coefficient (Wildman–Crippen LogP) is 2.25. The molecule has 0 unspecified atom stereocenters. The van der Waals surface area contributed by atoms with Crippen LogP contribution in [-0.2, 0) is 6.54 Å². The summed E-state index contributed by atoms with van der Waals surface area (Å²) in [5, 5.41) is 3.09. The Hall–Kier alpha value is -2.07. The quantitative estimate of drug-likeness (QED) is 0.833. The van der Waals surface area contributed by atoms with E-state index in [9.17, 15) is 4.79 Å². The van der Waals surface area contributed by atoms with Gasteiger partial charge in [-0.2, -0.15) is 0 Å². The van der Waals surface area contributed by atoms with E-state index >= 15 is 0 Å². The maximum Gasteiger partial charge on any atom is 0.253 e. The summed E-state index contributed by atoms with van der Waals surface area (Å²) in [7, 11) is 0. The molecule has 0 fully saturated rings. The number of nitrogen functional groups attached to an aromatic ring is 1. The van der Waals surface area contributed by atoms with Crippen molar-refractivity contribution in [2.24, 2.45) is 0 Å². The number of anilines is 1. The molecule has 0 saturated carbocycles. The Bertz CT molecular complexity index is 557. The van der Waals surface area contributed by atoms with Crippen molar-refractivity contribution in [2.45, 2.75) is 6.54 Å². The molecule has 0 aliphatic rings. The molecule has 5 heteroatoms. The lowest BCUT2D eigenvalue weighted by Gasteiger charge is -2.06. The molecule has 1 heterocycles. The maximum atomic E-state index is 11.9. The van der Waals surface area contributed by atoms with Crippen LogP contribution >= 0.6 is 11.6 Å². The van der Waals surface area contributed by atoms with Gasteiger partial charge >= 0.3 is 0 Å². The van der Waals surface area contributed by atoms with Crippen LogP contribution in [0.4, 0.5) is 5.69 Å². The highest BCUT2D eigenvalue weighted by atomic mass is 35.5. The molecule has 0 bridgehead atoms. The van der Waals surface area contributed by atoms with Crippen LogP contribution in [0.3, 0.4) is 0 Å². The standard InChI is InChI=1S/C13H12ClN3O/c14-12-7-9(15)4-5-11(12)13(18)17-8-10-3-1-2-6-16-10/h1-7H,8,15H2,(H,17,18). The minimum Gasteiger partial charge on any atom is -0.399 e. The van der Waals surface area contributed by atoms with Gasteiger partial charge in [0.25, 0.3) is 5.91 Å². The first kappa shape index (κ1) is 12.4. The van der Waals surface area contributed by atoms with Crippen LogP contribution in [0.15, 0.2) is 42.6 Å². The fraction of sp³-hybridized carbons (Fsp3) is 0.0769. The summed E-state index contributed by atoms with van der Waals surface area (Å²) in [5.41, 5.74) is 7.29. The van der Waals surface area contributed by atoms with Gasteiger partial charge in [-0.1, -0.05) is 17.7 Å². The zero-order valence-electron chi connectivity index (χ0n) is 9.56. The minimum absolute atomic E-state index is 0.245. The van der Waals surface area contributed by atoms with Crippen molar-refractivity contribution in [2.75, 3.05) is 5.73 Å². The molecular weight excluding hydrogens is 250 g/mol. The van der Waals surface area contributed by atoms with Gasteiger partial charge in [0.15, 0.2) is 0 Å². The number of pyridine rings is 1. The van der Waals surface area contributed by atoms with E-state index in [1.165, 1.54) is 0 Å². The Balaban J connectivity index is 2.04. The molecule has 1 amide bonds. The molecule has 92 valence electrons. The number of amides is 1. The van der Waals surface area contributed by atoms with Crippen LogP contribution < -0.4 is 11.1 Å². The summed E-state index contributed by atoms with van der Waals surface area (Å²) in [5.74, 6) is -0.245. The Morgan fingerprint density at radius 1 is 1.33 bits per heavy atom. The molecule has 0 spiro atoms. The Morgan fingerprint density at radius 3 is 2.83 bits per heavy atom. The number of halogens is 1. The average Bonchev–Trinajstić information content (AvgIpc) is 2.37. The first-order valence-corrected chi connectivity index (χ1v) is 5.78. The van der Waals surface area contributed by atoms with Crippen molar-refractivity contribution in [1.29, 1.82) is 0 Å². The highest BCUT2D eigenvalue weighted by Crippen LogP contribution is 2.18. The number of rotatable bonds is 3. The van der Waals surface area contributed by atoms with Gasteiger partial charge in [-0.05, 0) is 30.3 Å². The second-order valence-electron chi connectivity index (χ2n) is 3.74. The van der Waals surface area contributed by atoms with Gasteiger partial charge in [0.05, 0.1) is 22.8 Å². The summed E-state index contributed by atoms with van der Waals surface area (Å²) in [6.07, 6.45) is 1.68. The predicted molar refractivity (Wildman–Crippen MR) is 71.3 cm³/mol. The van der Waals surface area contributed by atoms with Crippen LogP contribution in [0.5, 0.6) is 0 Å². The van der Waals surface area contributed by atoms with Gasteiger partial charge in [0.2, 0.25) is 0 Å². The van der Waals surface area contributed by atoms with Crippen molar-refractivity contribution >= 4 is 23.2 Å². The third-order valence-corrected chi connectivity index (χ3v) is 2.71. The lowest BCUT2D eigenvalue weighted by Crippen LogP contribution is -2.23. The maximum absolute atomic E-state index is 11.9. The Labute approximate surface area is 110 Å². The number of benzene rings is 1. The number of nitrogens with zero attached hydrogens (tertiary/aromatic N) is 1. The first-order chi connectivity index (χ1) is 8.66. The van der Waals surface area contributed by atoms with Crippen LogP contribution in [0, 0.1) is 0 Å². The molecule has 0 atom stereocenters. The third-order valence-electron chi connectivity index (χ3n) is 2.39. The fourth-order valence-electron chi connectivity index (χ4n) is 1.48. The van der Waals surface area contributed by atoms with E-state index in [0.717, 1.165) is 5.69 Å². The van der Waals surface area contributed by atoms with Gasteiger partial charge in [0.1, 0.15) is 0 Å². The van der Waals surface area contributed by atoms with Crippen LogP contribution in [0.2, 0.25) is 5.02 Å². The average molecular weight is 262 g/mol. The smallest absolute Gasteiger partial charge is 0.253 e. The van der Waals surface area contributed by atoms with Crippen molar-refractivity contribution < 1.29 is 4.79 Å². The van der Waals surface area contributed by atoms with E-state index in [1.807, 2.05) is 18.2 Å². The van der Waals surface area contributed by atoms with Gasteiger partial charge in [-0.25, -0.2) is 0 Å². The number of carbonyl (C=O) groups is 1. The summed E-state index contributed by atoms with van der Waals surface area (Å²) in [6.45, 7) is 0.361.